The molecule has 0 aromatic carbocycles. The molecule has 8 heteroatoms. The maximum absolute atomic E-state index is 12.5. The Hall–Kier alpha value is -0.400. The van der Waals surface area contributed by atoms with Gasteiger partial charge in [-0.1, -0.05) is 30.1 Å². The molecule has 1 unspecified atom stereocenters. The molecule has 20 heavy (non-hydrogen) atoms. The van der Waals surface area contributed by atoms with Gasteiger partial charge in [0.1, 0.15) is 10.0 Å². The quantitative estimate of drug-likeness (QED) is 0.774. The Bertz CT molecular complexity index is 574. The number of pyridine rings is 1. The summed E-state index contributed by atoms with van der Waals surface area (Å²) in [5.74, 6) is 0. The summed E-state index contributed by atoms with van der Waals surface area (Å²) >= 11 is 11.5. The zero-order valence-corrected chi connectivity index (χ0v) is 13.4. The molecule has 1 aromatic rings. The molecule has 0 amide bonds. The van der Waals surface area contributed by atoms with Crippen LogP contribution in [0, 0.1) is 0 Å². The molecular formula is C12H16Cl2N2O3S. The van der Waals surface area contributed by atoms with Crippen LogP contribution in [0.1, 0.15) is 19.8 Å². The minimum absolute atomic E-state index is 0.0412. The standard InChI is InChI=1S/C12H16Cl2N2O3S/c1-2-16(8-9-4-3-5-19-9)20(17,18)10-6-11(13)12(14)15-7-10/h6-7,9H,2-5,8H2,1H3. The third kappa shape index (κ3) is 3.43. The van der Waals surface area contributed by atoms with E-state index in [1.54, 1.807) is 6.92 Å². The van der Waals surface area contributed by atoms with Crippen molar-refractivity contribution in [1.29, 1.82) is 0 Å². The molecule has 0 N–H and O–H groups in total. The zero-order chi connectivity index (χ0) is 14.8. The highest BCUT2D eigenvalue weighted by atomic mass is 35.5. The summed E-state index contributed by atoms with van der Waals surface area (Å²) in [7, 11) is -3.63. The van der Waals surface area contributed by atoms with Crippen LogP contribution in [0.4, 0.5) is 0 Å². The molecule has 5 nitrogen and oxygen atoms in total. The van der Waals surface area contributed by atoms with Crippen LogP contribution in [0.5, 0.6) is 0 Å². The van der Waals surface area contributed by atoms with Gasteiger partial charge in [0.05, 0.1) is 11.1 Å². The monoisotopic (exact) mass is 338 g/mol. The lowest BCUT2D eigenvalue weighted by molar-refractivity contribution is 0.0947. The number of rotatable bonds is 5. The van der Waals surface area contributed by atoms with E-state index in [-0.39, 0.29) is 21.2 Å². The van der Waals surface area contributed by atoms with Crippen LogP contribution >= 0.6 is 23.2 Å². The largest absolute Gasteiger partial charge is 0.377 e. The first-order valence-corrected chi connectivity index (χ1v) is 8.57. The molecule has 0 saturated carbocycles. The Balaban J connectivity index is 2.23. The van der Waals surface area contributed by atoms with Crippen molar-refractivity contribution in [3.63, 3.8) is 0 Å². The van der Waals surface area contributed by atoms with Crippen molar-refractivity contribution in [3.8, 4) is 0 Å². The number of hydrogen-bond donors (Lipinski definition) is 0. The SMILES string of the molecule is CCN(CC1CCCO1)S(=O)(=O)c1cnc(Cl)c(Cl)c1. The highest BCUT2D eigenvalue weighted by Crippen LogP contribution is 2.25. The second kappa shape index (κ2) is 6.58. The maximum Gasteiger partial charge on any atom is 0.244 e. The van der Waals surface area contributed by atoms with Crippen molar-refractivity contribution in [3.05, 3.63) is 22.4 Å². The van der Waals surface area contributed by atoms with Crippen molar-refractivity contribution in [2.45, 2.75) is 30.8 Å². The number of likely N-dealkylation sites (N-methyl/N-ethyl adjacent to an activating group) is 1. The Kier molecular flexibility index (Phi) is 5.25. The zero-order valence-electron chi connectivity index (χ0n) is 11.1. The Morgan fingerprint density at radius 2 is 2.25 bits per heavy atom. The van der Waals surface area contributed by atoms with Crippen LogP contribution in [-0.2, 0) is 14.8 Å². The van der Waals surface area contributed by atoms with Crippen LogP contribution in [-0.4, -0.2) is 43.5 Å². The first-order chi connectivity index (χ1) is 9.45. The van der Waals surface area contributed by atoms with Gasteiger partial charge in [0.15, 0.2) is 0 Å². The van der Waals surface area contributed by atoms with Gasteiger partial charge in [0, 0.05) is 25.9 Å². The second-order valence-corrected chi connectivity index (χ2v) is 7.24. The van der Waals surface area contributed by atoms with E-state index < -0.39 is 10.0 Å². The third-order valence-electron chi connectivity index (χ3n) is 3.19. The lowest BCUT2D eigenvalue weighted by Crippen LogP contribution is -2.37. The van der Waals surface area contributed by atoms with Gasteiger partial charge in [0.25, 0.3) is 0 Å². The number of ether oxygens (including phenoxy) is 1. The van der Waals surface area contributed by atoms with Crippen LogP contribution in [0.15, 0.2) is 17.2 Å². The highest BCUT2D eigenvalue weighted by molar-refractivity contribution is 7.89. The van der Waals surface area contributed by atoms with Crippen LogP contribution in [0.2, 0.25) is 10.2 Å². The van der Waals surface area contributed by atoms with Gasteiger partial charge in [-0.3, -0.25) is 0 Å². The molecule has 1 aliphatic rings. The number of sulfonamides is 1. The van der Waals surface area contributed by atoms with E-state index in [0.717, 1.165) is 12.8 Å². The van der Waals surface area contributed by atoms with Gasteiger partial charge in [-0.25, -0.2) is 13.4 Å². The fourth-order valence-corrected chi connectivity index (χ4v) is 3.89. The number of aromatic nitrogens is 1. The van der Waals surface area contributed by atoms with Gasteiger partial charge < -0.3 is 4.74 Å². The molecule has 2 heterocycles. The van der Waals surface area contributed by atoms with E-state index >= 15 is 0 Å². The first-order valence-electron chi connectivity index (χ1n) is 6.38. The van der Waals surface area contributed by atoms with Gasteiger partial charge >= 0.3 is 0 Å². The molecule has 0 spiro atoms. The van der Waals surface area contributed by atoms with Crippen LogP contribution in [0.25, 0.3) is 0 Å². The lowest BCUT2D eigenvalue weighted by Gasteiger charge is -2.23. The molecule has 1 atom stereocenters. The fraction of sp³-hybridized carbons (Fsp3) is 0.583. The molecule has 0 aliphatic carbocycles. The predicted molar refractivity (Wildman–Crippen MR) is 77.7 cm³/mol. The van der Waals surface area contributed by atoms with Gasteiger partial charge in [0.2, 0.25) is 10.0 Å². The van der Waals surface area contributed by atoms with Gasteiger partial charge in [-0.2, -0.15) is 4.31 Å². The van der Waals surface area contributed by atoms with Crippen LogP contribution < -0.4 is 0 Å². The third-order valence-corrected chi connectivity index (χ3v) is 5.79. The van der Waals surface area contributed by atoms with E-state index in [2.05, 4.69) is 4.98 Å². The predicted octanol–water partition coefficient (Wildman–Crippen LogP) is 2.58. The van der Waals surface area contributed by atoms with Crippen LogP contribution in [0.3, 0.4) is 0 Å². The van der Waals surface area contributed by atoms with E-state index in [9.17, 15) is 8.42 Å². The molecule has 1 aromatic heterocycles. The summed E-state index contributed by atoms with van der Waals surface area (Å²) in [6.45, 7) is 3.19. The molecule has 1 aliphatic heterocycles. The topological polar surface area (TPSA) is 59.5 Å². The summed E-state index contributed by atoms with van der Waals surface area (Å²) in [4.78, 5) is 3.84. The normalized spacial score (nSPS) is 19.7. The molecule has 0 radical (unpaired) electrons. The fourth-order valence-electron chi connectivity index (χ4n) is 2.11. The minimum Gasteiger partial charge on any atom is -0.377 e. The second-order valence-electron chi connectivity index (χ2n) is 4.53. The van der Waals surface area contributed by atoms with Crippen molar-refractivity contribution in [2.24, 2.45) is 0 Å². The number of hydrogen-bond acceptors (Lipinski definition) is 4. The summed E-state index contributed by atoms with van der Waals surface area (Å²) in [5, 5.41) is 0.216. The maximum atomic E-state index is 12.5. The van der Waals surface area contributed by atoms with E-state index in [4.69, 9.17) is 27.9 Å². The molecule has 0 bridgehead atoms. The molecule has 1 saturated heterocycles. The Morgan fingerprint density at radius 3 is 2.80 bits per heavy atom. The van der Waals surface area contributed by atoms with E-state index in [1.807, 2.05) is 0 Å². The summed E-state index contributed by atoms with van der Waals surface area (Å²) in [5.41, 5.74) is 0. The molecule has 2 rings (SSSR count). The molecule has 112 valence electrons. The van der Waals surface area contributed by atoms with Crippen molar-refractivity contribution >= 4 is 33.2 Å². The Morgan fingerprint density at radius 1 is 1.50 bits per heavy atom. The highest BCUT2D eigenvalue weighted by Gasteiger charge is 2.28. The van der Waals surface area contributed by atoms with Gasteiger partial charge in [-0.15, -0.1) is 0 Å². The Labute approximate surface area is 128 Å². The average molecular weight is 339 g/mol. The first kappa shape index (κ1) is 16.0. The van der Waals surface area contributed by atoms with Crippen molar-refractivity contribution < 1.29 is 13.2 Å². The number of nitrogens with zero attached hydrogens (tertiary/aromatic N) is 2. The summed E-state index contributed by atoms with van der Waals surface area (Å²) < 4.78 is 32.0. The summed E-state index contributed by atoms with van der Waals surface area (Å²) in [6.07, 6.45) is 3.03. The van der Waals surface area contributed by atoms with E-state index in [1.165, 1.54) is 16.6 Å². The summed E-state index contributed by atoms with van der Waals surface area (Å²) in [6, 6.07) is 1.32. The minimum atomic E-state index is -3.63. The number of halogens is 2. The van der Waals surface area contributed by atoms with Gasteiger partial charge in [-0.05, 0) is 18.9 Å². The van der Waals surface area contributed by atoms with E-state index in [0.29, 0.717) is 19.7 Å². The van der Waals surface area contributed by atoms with Crippen molar-refractivity contribution in [2.75, 3.05) is 19.7 Å². The lowest BCUT2D eigenvalue weighted by atomic mass is 10.2. The van der Waals surface area contributed by atoms with Crippen molar-refractivity contribution in [1.82, 2.24) is 9.29 Å². The molecule has 1 fully saturated rings. The molecular weight excluding hydrogens is 323 g/mol. The smallest absolute Gasteiger partial charge is 0.244 e. The average Bonchev–Trinajstić information content (AvgIpc) is 2.91.